The maximum atomic E-state index is 11.9. The van der Waals surface area contributed by atoms with Crippen LogP contribution in [0.5, 0.6) is 0 Å². The van der Waals surface area contributed by atoms with Crippen molar-refractivity contribution in [3.63, 3.8) is 0 Å². The second-order valence-corrected chi connectivity index (χ2v) is 4.60. The van der Waals surface area contributed by atoms with Gasteiger partial charge in [-0.15, -0.1) is 0 Å². The molecule has 2 aliphatic rings. The topological polar surface area (TPSA) is 49.6 Å². The minimum Gasteiger partial charge on any atom is -0.339 e. The number of carbonyl (C=O) groups excluding carboxylic acids is 1. The molecule has 0 aromatic carbocycles. The average Bonchev–Trinajstić information content (AvgIpc) is 2.12. The zero-order chi connectivity index (χ0) is 10.1. The molecule has 0 aromatic rings. The third kappa shape index (κ3) is 1.91. The van der Waals surface area contributed by atoms with Gasteiger partial charge in [0, 0.05) is 25.7 Å². The van der Waals surface area contributed by atoms with Crippen LogP contribution >= 0.6 is 0 Å². The molecule has 0 saturated carbocycles. The minimum absolute atomic E-state index is 0.222. The lowest BCUT2D eigenvalue weighted by Gasteiger charge is -2.40. The van der Waals surface area contributed by atoms with Crippen LogP contribution in [0, 0.1) is 5.92 Å². The fourth-order valence-corrected chi connectivity index (χ4v) is 2.32. The Morgan fingerprint density at radius 1 is 1.36 bits per heavy atom. The maximum absolute atomic E-state index is 11.9. The second-order valence-electron chi connectivity index (χ2n) is 4.60. The first kappa shape index (κ1) is 9.93. The van der Waals surface area contributed by atoms with Gasteiger partial charge < -0.3 is 15.5 Å². The third-order valence-corrected chi connectivity index (χ3v) is 3.20. The summed E-state index contributed by atoms with van der Waals surface area (Å²) in [5.74, 6) is 0.541. The molecule has 4 heteroatoms. The highest BCUT2D eigenvalue weighted by atomic mass is 16.2. The summed E-state index contributed by atoms with van der Waals surface area (Å²) in [4.78, 5) is 16.1. The molecule has 0 aliphatic carbocycles. The van der Waals surface area contributed by atoms with Crippen LogP contribution in [0.1, 0.15) is 12.8 Å². The smallest absolute Gasteiger partial charge is 0.227 e. The molecular weight excluding hydrogens is 178 g/mol. The molecule has 2 aliphatic heterocycles. The van der Waals surface area contributed by atoms with Crippen molar-refractivity contribution < 1.29 is 4.79 Å². The van der Waals surface area contributed by atoms with Crippen LogP contribution in [-0.2, 0) is 4.79 Å². The summed E-state index contributed by atoms with van der Waals surface area (Å²) in [5.41, 5.74) is 5.66. The first-order chi connectivity index (χ1) is 6.66. The predicted molar refractivity (Wildman–Crippen MR) is 54.8 cm³/mol. The molecule has 2 N–H and O–H groups in total. The third-order valence-electron chi connectivity index (χ3n) is 3.20. The molecule has 80 valence electrons. The normalized spacial score (nSPS) is 30.1. The van der Waals surface area contributed by atoms with Crippen LogP contribution in [0.2, 0.25) is 0 Å². The van der Waals surface area contributed by atoms with Gasteiger partial charge in [0.15, 0.2) is 0 Å². The monoisotopic (exact) mass is 197 g/mol. The van der Waals surface area contributed by atoms with Gasteiger partial charge in [-0.2, -0.15) is 0 Å². The standard InChI is InChI=1S/C10H19N3O/c1-12-4-2-3-8(5-12)10(14)13-6-9(11)7-13/h8-9H,2-7,11H2,1H3/t8-/m0/s1. The summed E-state index contributed by atoms with van der Waals surface area (Å²) in [6.07, 6.45) is 2.20. The molecule has 0 bridgehead atoms. The molecule has 2 heterocycles. The Labute approximate surface area is 85.0 Å². The van der Waals surface area contributed by atoms with Crippen molar-refractivity contribution in [1.82, 2.24) is 9.80 Å². The average molecular weight is 197 g/mol. The van der Waals surface area contributed by atoms with E-state index in [0.29, 0.717) is 5.91 Å². The van der Waals surface area contributed by atoms with Gasteiger partial charge in [0.2, 0.25) is 5.91 Å². The van der Waals surface area contributed by atoms with Crippen LogP contribution in [0.3, 0.4) is 0 Å². The van der Waals surface area contributed by atoms with Gasteiger partial charge in [0.25, 0.3) is 0 Å². The molecule has 0 spiro atoms. The van der Waals surface area contributed by atoms with Crippen molar-refractivity contribution in [2.45, 2.75) is 18.9 Å². The fourth-order valence-electron chi connectivity index (χ4n) is 2.32. The first-order valence-electron chi connectivity index (χ1n) is 5.39. The molecule has 1 atom stereocenters. The van der Waals surface area contributed by atoms with Crippen molar-refractivity contribution in [1.29, 1.82) is 0 Å². The van der Waals surface area contributed by atoms with Gasteiger partial charge in [0.05, 0.1) is 5.92 Å². The van der Waals surface area contributed by atoms with Gasteiger partial charge in [0.1, 0.15) is 0 Å². The van der Waals surface area contributed by atoms with E-state index < -0.39 is 0 Å². The Bertz CT molecular complexity index is 225. The predicted octanol–water partition coefficient (Wildman–Crippen LogP) is -0.502. The number of rotatable bonds is 1. The van der Waals surface area contributed by atoms with E-state index in [9.17, 15) is 4.79 Å². The zero-order valence-corrected chi connectivity index (χ0v) is 8.78. The van der Waals surface area contributed by atoms with Gasteiger partial charge >= 0.3 is 0 Å². The highest BCUT2D eigenvalue weighted by molar-refractivity contribution is 5.80. The Hall–Kier alpha value is -0.610. The number of nitrogens with two attached hydrogens (primary N) is 1. The van der Waals surface area contributed by atoms with Gasteiger partial charge in [-0.1, -0.05) is 0 Å². The first-order valence-corrected chi connectivity index (χ1v) is 5.39. The van der Waals surface area contributed by atoms with Crippen molar-refractivity contribution in [2.24, 2.45) is 11.7 Å². The summed E-state index contributed by atoms with van der Waals surface area (Å²) in [5, 5.41) is 0. The molecule has 14 heavy (non-hydrogen) atoms. The van der Waals surface area contributed by atoms with Crippen LogP contribution in [0.4, 0.5) is 0 Å². The highest BCUT2D eigenvalue weighted by Gasteiger charge is 2.33. The van der Waals surface area contributed by atoms with E-state index in [1.54, 1.807) is 0 Å². The molecular formula is C10H19N3O. The maximum Gasteiger partial charge on any atom is 0.227 e. The summed E-state index contributed by atoms with van der Waals surface area (Å²) in [6, 6.07) is 0.222. The van der Waals surface area contributed by atoms with Gasteiger partial charge in [-0.05, 0) is 26.4 Å². The van der Waals surface area contributed by atoms with E-state index in [1.807, 2.05) is 4.90 Å². The number of hydrogen-bond acceptors (Lipinski definition) is 3. The van der Waals surface area contributed by atoms with E-state index in [2.05, 4.69) is 11.9 Å². The van der Waals surface area contributed by atoms with Crippen LogP contribution in [-0.4, -0.2) is 55.0 Å². The number of carbonyl (C=O) groups is 1. The molecule has 0 unspecified atom stereocenters. The fraction of sp³-hybridized carbons (Fsp3) is 0.900. The van der Waals surface area contributed by atoms with Crippen LogP contribution in [0.15, 0.2) is 0 Å². The van der Waals surface area contributed by atoms with Crippen molar-refractivity contribution >= 4 is 5.91 Å². The molecule has 1 amide bonds. The summed E-state index contributed by atoms with van der Waals surface area (Å²) >= 11 is 0. The number of hydrogen-bond donors (Lipinski definition) is 1. The Morgan fingerprint density at radius 3 is 2.64 bits per heavy atom. The molecule has 0 aromatic heterocycles. The van der Waals surface area contributed by atoms with E-state index in [1.165, 1.54) is 0 Å². The number of amides is 1. The molecule has 2 rings (SSSR count). The largest absolute Gasteiger partial charge is 0.339 e. The lowest BCUT2D eigenvalue weighted by molar-refractivity contribution is -0.141. The van der Waals surface area contributed by atoms with E-state index in [-0.39, 0.29) is 12.0 Å². The number of nitrogens with zero attached hydrogens (tertiary/aromatic N) is 2. The SMILES string of the molecule is CN1CCC[C@H](C(=O)N2CC(N)C2)C1. The quantitative estimate of drug-likeness (QED) is 0.616. The van der Waals surface area contributed by atoms with Gasteiger partial charge in [-0.25, -0.2) is 0 Å². The summed E-state index contributed by atoms with van der Waals surface area (Å²) in [6.45, 7) is 3.58. The Kier molecular flexibility index (Phi) is 2.74. The van der Waals surface area contributed by atoms with Crippen LogP contribution < -0.4 is 5.73 Å². The number of piperidine rings is 1. The molecule has 2 fully saturated rings. The molecule has 2 saturated heterocycles. The highest BCUT2D eigenvalue weighted by Crippen LogP contribution is 2.20. The van der Waals surface area contributed by atoms with Crippen molar-refractivity contribution in [3.8, 4) is 0 Å². The van der Waals surface area contributed by atoms with E-state index in [4.69, 9.17) is 5.73 Å². The molecule has 4 nitrogen and oxygen atoms in total. The number of likely N-dealkylation sites (tertiary alicyclic amines) is 2. The lowest BCUT2D eigenvalue weighted by atomic mass is 9.95. The minimum atomic E-state index is 0.222. The van der Waals surface area contributed by atoms with E-state index in [0.717, 1.165) is 39.0 Å². The van der Waals surface area contributed by atoms with Crippen molar-refractivity contribution in [3.05, 3.63) is 0 Å². The summed E-state index contributed by atoms with van der Waals surface area (Å²) in [7, 11) is 2.08. The van der Waals surface area contributed by atoms with Crippen LogP contribution in [0.25, 0.3) is 0 Å². The summed E-state index contributed by atoms with van der Waals surface area (Å²) < 4.78 is 0. The van der Waals surface area contributed by atoms with Gasteiger partial charge in [-0.3, -0.25) is 4.79 Å². The second kappa shape index (κ2) is 3.87. The van der Waals surface area contributed by atoms with Crippen molar-refractivity contribution in [2.75, 3.05) is 33.2 Å². The zero-order valence-electron chi connectivity index (χ0n) is 8.78. The Balaban J connectivity index is 1.85. The van der Waals surface area contributed by atoms with E-state index >= 15 is 0 Å². The lowest BCUT2D eigenvalue weighted by Crippen LogP contribution is -2.60. The molecule has 0 radical (unpaired) electrons. The Morgan fingerprint density at radius 2 is 2.07 bits per heavy atom.